The van der Waals surface area contributed by atoms with E-state index < -0.39 is 24.3 Å². The average molecular weight is 628 g/mol. The van der Waals surface area contributed by atoms with Gasteiger partial charge in [0.2, 0.25) is 11.9 Å². The molecule has 0 aliphatic heterocycles. The number of anilines is 1. The molecule has 0 spiro atoms. The maximum absolute atomic E-state index is 13.7. The van der Waals surface area contributed by atoms with Gasteiger partial charge in [-0.05, 0) is 54.3 Å². The molecule has 3 aromatic heterocycles. The number of aromatic nitrogens is 5. The third-order valence-electron chi connectivity index (χ3n) is 9.02. The van der Waals surface area contributed by atoms with Gasteiger partial charge in [0.05, 0.1) is 26.9 Å². The number of para-hydroxylation sites is 1. The van der Waals surface area contributed by atoms with Gasteiger partial charge < -0.3 is 19.5 Å². The van der Waals surface area contributed by atoms with Gasteiger partial charge in [-0.3, -0.25) is 4.98 Å². The third kappa shape index (κ3) is 5.04. The van der Waals surface area contributed by atoms with Crippen molar-refractivity contribution in [3.63, 3.8) is 0 Å². The van der Waals surface area contributed by atoms with E-state index in [1.165, 1.54) is 0 Å². The zero-order chi connectivity index (χ0) is 32.1. The smallest absolute Gasteiger partial charge is 0.250 e. The number of methoxy groups -OCH3 is 3. The van der Waals surface area contributed by atoms with Gasteiger partial charge in [-0.1, -0.05) is 17.2 Å². The Hall–Kier alpha value is -5.23. The number of fused-ring (bicyclic) bond motifs is 3. The van der Waals surface area contributed by atoms with Crippen molar-refractivity contribution in [2.75, 3.05) is 26.6 Å². The number of benzene rings is 2. The molecule has 2 saturated carbocycles. The zero-order valence-corrected chi connectivity index (χ0v) is 25.4. The summed E-state index contributed by atoms with van der Waals surface area (Å²) in [5.41, 5.74) is 11.3. The molecule has 7 rings (SSSR count). The lowest BCUT2D eigenvalue weighted by atomic mass is 9.69. The van der Waals surface area contributed by atoms with Gasteiger partial charge >= 0.3 is 0 Å². The van der Waals surface area contributed by atoms with E-state index in [0.717, 1.165) is 29.5 Å². The molecule has 2 fully saturated rings. The first-order valence-corrected chi connectivity index (χ1v) is 14.8. The summed E-state index contributed by atoms with van der Waals surface area (Å²) in [6.07, 6.45) is 2.12. The first-order valence-electron chi connectivity index (χ1n) is 14.8. The number of nitrogens with zero attached hydrogens (tertiary/aromatic N) is 8. The maximum atomic E-state index is 13.7. The highest BCUT2D eigenvalue weighted by Crippen LogP contribution is 2.54. The number of nitrogens with one attached hydrogen (secondary N) is 1. The van der Waals surface area contributed by atoms with Gasteiger partial charge in [0.25, 0.3) is 0 Å². The number of hydrogen-bond acceptors (Lipinski definition) is 9. The van der Waals surface area contributed by atoms with Gasteiger partial charge in [0.15, 0.2) is 11.5 Å². The largest absolute Gasteiger partial charge is 0.497 e. The lowest BCUT2D eigenvalue weighted by molar-refractivity contribution is -0.124. The Kier molecular flexibility index (Phi) is 7.23. The summed E-state index contributed by atoms with van der Waals surface area (Å²) in [4.78, 5) is 17.3. The number of rotatable bonds is 10. The molecule has 1 N–H and O–H groups in total. The summed E-state index contributed by atoms with van der Waals surface area (Å²) < 4.78 is 45.6. The van der Waals surface area contributed by atoms with Crippen LogP contribution in [0.1, 0.15) is 60.2 Å². The van der Waals surface area contributed by atoms with E-state index in [2.05, 4.69) is 20.3 Å². The van der Waals surface area contributed by atoms with Crippen molar-refractivity contribution in [3.8, 4) is 17.2 Å². The molecule has 236 valence electrons. The summed E-state index contributed by atoms with van der Waals surface area (Å²) in [6, 6.07) is 14.9. The van der Waals surface area contributed by atoms with Crippen LogP contribution in [0.4, 0.5) is 14.7 Å². The average Bonchev–Trinajstić information content (AvgIpc) is 3.47. The van der Waals surface area contributed by atoms with E-state index in [1.807, 2.05) is 42.5 Å². The lowest BCUT2D eigenvalue weighted by Crippen LogP contribution is -2.47. The zero-order valence-electron chi connectivity index (χ0n) is 25.4. The van der Waals surface area contributed by atoms with Gasteiger partial charge in [-0.2, -0.15) is 4.52 Å². The number of halogens is 2. The number of pyridine rings is 1. The second-order valence-corrected chi connectivity index (χ2v) is 11.8. The Balaban J connectivity index is 1.14. The Morgan fingerprint density at radius 2 is 1.80 bits per heavy atom. The molecule has 0 atom stereocenters. The van der Waals surface area contributed by atoms with Crippen LogP contribution >= 0.6 is 0 Å². The minimum Gasteiger partial charge on any atom is -0.497 e. The van der Waals surface area contributed by atoms with Crippen molar-refractivity contribution < 1.29 is 23.0 Å². The molecule has 46 heavy (non-hydrogen) atoms. The van der Waals surface area contributed by atoms with Crippen LogP contribution in [0.5, 0.6) is 17.2 Å². The first kappa shape index (κ1) is 29.5. The summed E-state index contributed by atoms with van der Waals surface area (Å²) >= 11 is 0. The first-order chi connectivity index (χ1) is 22.3. The molecule has 0 radical (unpaired) electrons. The second-order valence-electron chi connectivity index (χ2n) is 11.8. The van der Waals surface area contributed by atoms with E-state index in [-0.39, 0.29) is 11.8 Å². The fourth-order valence-corrected chi connectivity index (χ4v) is 6.46. The Labute approximate surface area is 262 Å². The number of ether oxygens (including phenoxy) is 3. The van der Waals surface area contributed by atoms with Crippen molar-refractivity contribution in [1.82, 2.24) is 24.6 Å². The van der Waals surface area contributed by atoms with E-state index in [4.69, 9.17) is 34.8 Å². The molecule has 2 aromatic carbocycles. The van der Waals surface area contributed by atoms with Gasteiger partial charge in [-0.25, -0.2) is 18.7 Å². The maximum Gasteiger partial charge on any atom is 0.250 e. The highest BCUT2D eigenvalue weighted by Gasteiger charge is 2.57. The summed E-state index contributed by atoms with van der Waals surface area (Å²) in [5.74, 6) is 0.644. The highest BCUT2D eigenvalue weighted by molar-refractivity contribution is 5.96. The SMILES string of the molecule is COc1ccc(CNc2nc3c(OC)cccc3c3nc([C@H]4C[C@@H](c5ccc(C6(N=[N+]=[N-])CC(F)(F)C6)cn5)C4)nn23)c(OC)c1. The van der Waals surface area contributed by atoms with Crippen molar-refractivity contribution in [3.05, 3.63) is 87.8 Å². The van der Waals surface area contributed by atoms with Crippen molar-refractivity contribution in [2.45, 2.75) is 55.5 Å². The van der Waals surface area contributed by atoms with Crippen LogP contribution in [0.25, 0.3) is 27.0 Å². The van der Waals surface area contributed by atoms with E-state index in [9.17, 15) is 8.78 Å². The molecule has 14 heteroatoms. The Bertz CT molecular complexity index is 1980. The highest BCUT2D eigenvalue weighted by atomic mass is 19.3. The van der Waals surface area contributed by atoms with Crippen LogP contribution in [0.3, 0.4) is 0 Å². The lowest BCUT2D eigenvalue weighted by Gasteiger charge is -2.44. The second kappa shape index (κ2) is 11.3. The van der Waals surface area contributed by atoms with E-state index in [1.54, 1.807) is 38.1 Å². The van der Waals surface area contributed by atoms with Crippen molar-refractivity contribution >= 4 is 22.5 Å². The van der Waals surface area contributed by atoms with Gasteiger partial charge in [-0.15, -0.1) is 5.10 Å². The summed E-state index contributed by atoms with van der Waals surface area (Å²) in [6.45, 7) is 0.414. The summed E-state index contributed by atoms with van der Waals surface area (Å²) in [7, 11) is 4.83. The quantitative estimate of drug-likeness (QED) is 0.1000. The van der Waals surface area contributed by atoms with Crippen LogP contribution in [0.2, 0.25) is 0 Å². The number of azide groups is 1. The Morgan fingerprint density at radius 1 is 1.00 bits per heavy atom. The van der Waals surface area contributed by atoms with E-state index in [0.29, 0.717) is 52.3 Å². The predicted octanol–water partition coefficient (Wildman–Crippen LogP) is 6.91. The van der Waals surface area contributed by atoms with Gasteiger partial charge in [0.1, 0.15) is 22.8 Å². The van der Waals surface area contributed by atoms with Crippen molar-refractivity contribution in [1.29, 1.82) is 0 Å². The minimum absolute atomic E-state index is 0.0985. The molecule has 0 unspecified atom stereocenters. The standard InChI is InChI=1S/C32H31F2N9O3/c1-44-22-9-7-18(26(13-22)46-3)14-37-30-38-27-23(5-4-6-25(27)45-2)29-39-28(40-43(29)30)20-11-19(12-20)24-10-8-21(15-36-24)31(41-42-35)16-32(33,34)17-31/h4-10,13,15,19-20H,11-12,14,16-17H2,1-3H3,(H,37,38)/t19-,20+. The molecular weight excluding hydrogens is 596 g/mol. The normalized spacial score (nSPS) is 19.5. The third-order valence-corrected chi connectivity index (χ3v) is 9.02. The summed E-state index contributed by atoms with van der Waals surface area (Å²) in [5, 5.41) is 12.8. The monoisotopic (exact) mass is 627 g/mol. The molecule has 2 aliphatic carbocycles. The topological polar surface area (TPSA) is 144 Å². The van der Waals surface area contributed by atoms with Crippen LogP contribution in [0.15, 0.2) is 59.8 Å². The fraction of sp³-hybridized carbons (Fsp3) is 0.375. The van der Waals surface area contributed by atoms with Crippen LogP contribution in [-0.4, -0.2) is 51.8 Å². The van der Waals surface area contributed by atoms with Crippen LogP contribution in [0, 0.1) is 0 Å². The predicted molar refractivity (Wildman–Crippen MR) is 166 cm³/mol. The van der Waals surface area contributed by atoms with Crippen LogP contribution in [-0.2, 0) is 12.1 Å². The molecular formula is C32H31F2N9O3. The molecule has 0 bridgehead atoms. The fourth-order valence-electron chi connectivity index (χ4n) is 6.46. The molecule has 5 aromatic rings. The minimum atomic E-state index is -2.83. The van der Waals surface area contributed by atoms with Crippen molar-refractivity contribution in [2.24, 2.45) is 5.11 Å². The van der Waals surface area contributed by atoms with E-state index >= 15 is 0 Å². The molecule has 0 saturated heterocycles. The Morgan fingerprint density at radius 3 is 2.48 bits per heavy atom. The molecule has 2 aliphatic rings. The van der Waals surface area contributed by atoms with Gasteiger partial charge in [0, 0.05) is 65.0 Å². The molecule has 3 heterocycles. The molecule has 0 amide bonds. The van der Waals surface area contributed by atoms with Crippen LogP contribution < -0.4 is 19.5 Å². The molecule has 12 nitrogen and oxygen atoms in total. The number of hydrogen-bond donors (Lipinski definition) is 1. The number of alkyl halides is 2.